The van der Waals surface area contributed by atoms with E-state index in [1.54, 1.807) is 12.1 Å². The largest absolute Gasteiger partial charge is 0.489 e. The molecule has 0 saturated carbocycles. The van der Waals surface area contributed by atoms with Gasteiger partial charge in [0.15, 0.2) is 0 Å². The second kappa shape index (κ2) is 6.90. The molecule has 0 aliphatic rings. The Bertz CT molecular complexity index is 588. The van der Waals surface area contributed by atoms with Crippen molar-refractivity contribution in [1.29, 1.82) is 0 Å². The molecule has 0 amide bonds. The molecule has 0 saturated heterocycles. The van der Waals surface area contributed by atoms with Gasteiger partial charge in [0.25, 0.3) is 0 Å². The van der Waals surface area contributed by atoms with Crippen molar-refractivity contribution < 1.29 is 14.3 Å². The molecular weight excluding hydrogens is 266 g/mol. The van der Waals surface area contributed by atoms with Crippen molar-refractivity contribution >= 4 is 5.97 Å². The quantitative estimate of drug-likeness (QED) is 0.858. The maximum Gasteiger partial charge on any atom is 0.337 e. The van der Waals surface area contributed by atoms with Gasteiger partial charge < -0.3 is 15.2 Å². The van der Waals surface area contributed by atoms with Crippen LogP contribution in [0.25, 0.3) is 0 Å². The lowest BCUT2D eigenvalue weighted by Gasteiger charge is -2.09. The Morgan fingerprint density at radius 3 is 2.24 bits per heavy atom. The van der Waals surface area contributed by atoms with Crippen LogP contribution in [0.1, 0.15) is 34.5 Å². The first kappa shape index (κ1) is 15.1. The van der Waals surface area contributed by atoms with Crippen LogP contribution in [0.15, 0.2) is 48.5 Å². The molecule has 2 N–H and O–H groups in total. The zero-order valence-electron chi connectivity index (χ0n) is 12.2. The zero-order valence-corrected chi connectivity index (χ0v) is 12.2. The average molecular weight is 285 g/mol. The van der Waals surface area contributed by atoms with Gasteiger partial charge in [0.05, 0.1) is 12.7 Å². The molecule has 0 unspecified atom stereocenters. The molecule has 21 heavy (non-hydrogen) atoms. The van der Waals surface area contributed by atoms with Crippen molar-refractivity contribution in [3.63, 3.8) is 0 Å². The van der Waals surface area contributed by atoms with Crippen LogP contribution < -0.4 is 10.5 Å². The van der Waals surface area contributed by atoms with Gasteiger partial charge in [-0.05, 0) is 42.3 Å². The van der Waals surface area contributed by atoms with Gasteiger partial charge in [-0.3, -0.25) is 0 Å². The second-order valence-electron chi connectivity index (χ2n) is 4.83. The van der Waals surface area contributed by atoms with E-state index < -0.39 is 0 Å². The molecule has 0 fully saturated rings. The van der Waals surface area contributed by atoms with Gasteiger partial charge in [-0.2, -0.15) is 0 Å². The predicted molar refractivity (Wildman–Crippen MR) is 81.2 cm³/mol. The highest BCUT2D eigenvalue weighted by Crippen LogP contribution is 2.17. The number of carbonyl (C=O) groups is 1. The Labute approximate surface area is 124 Å². The minimum Gasteiger partial charge on any atom is -0.489 e. The molecule has 0 aliphatic heterocycles. The minimum atomic E-state index is -0.339. The highest BCUT2D eigenvalue weighted by Gasteiger charge is 2.05. The van der Waals surface area contributed by atoms with Crippen LogP contribution in [0.2, 0.25) is 0 Å². The number of nitrogens with two attached hydrogens (primary N) is 1. The van der Waals surface area contributed by atoms with Crippen molar-refractivity contribution in [3.05, 3.63) is 65.2 Å². The summed E-state index contributed by atoms with van der Waals surface area (Å²) in [5.41, 5.74) is 8.39. The van der Waals surface area contributed by atoms with Crippen LogP contribution in [0.3, 0.4) is 0 Å². The number of rotatable bonds is 5. The molecule has 2 rings (SSSR count). The maximum absolute atomic E-state index is 11.3. The summed E-state index contributed by atoms with van der Waals surface area (Å²) in [5.74, 6) is 0.449. The van der Waals surface area contributed by atoms with Crippen LogP contribution in [-0.2, 0) is 11.3 Å². The second-order valence-corrected chi connectivity index (χ2v) is 4.83. The van der Waals surface area contributed by atoms with Crippen LogP contribution in [-0.4, -0.2) is 13.1 Å². The van der Waals surface area contributed by atoms with Crippen LogP contribution in [0.5, 0.6) is 5.75 Å². The topological polar surface area (TPSA) is 61.5 Å². The van der Waals surface area contributed by atoms with Crippen molar-refractivity contribution in [2.24, 2.45) is 5.73 Å². The number of esters is 1. The van der Waals surface area contributed by atoms with E-state index in [2.05, 4.69) is 4.74 Å². The lowest BCUT2D eigenvalue weighted by molar-refractivity contribution is 0.0600. The Morgan fingerprint density at radius 1 is 1.10 bits per heavy atom. The summed E-state index contributed by atoms with van der Waals surface area (Å²) < 4.78 is 10.4. The summed E-state index contributed by atoms with van der Waals surface area (Å²) in [7, 11) is 1.37. The fourth-order valence-electron chi connectivity index (χ4n) is 1.89. The van der Waals surface area contributed by atoms with Crippen LogP contribution >= 0.6 is 0 Å². The SMILES string of the molecule is COC(=O)c1ccc(COc2ccc([C@H](C)N)cc2)cc1. The van der Waals surface area contributed by atoms with E-state index in [9.17, 15) is 4.79 Å². The minimum absolute atomic E-state index is 0.0184. The molecule has 0 aromatic heterocycles. The van der Waals surface area contributed by atoms with Crippen molar-refractivity contribution in [3.8, 4) is 5.75 Å². The lowest BCUT2D eigenvalue weighted by atomic mass is 10.1. The number of carbonyl (C=O) groups excluding carboxylic acids is 1. The third-order valence-electron chi connectivity index (χ3n) is 3.19. The molecule has 110 valence electrons. The Balaban J connectivity index is 1.95. The summed E-state index contributed by atoms with van der Waals surface area (Å²) in [5, 5.41) is 0. The van der Waals surface area contributed by atoms with Crippen molar-refractivity contribution in [2.75, 3.05) is 7.11 Å². The first-order chi connectivity index (χ1) is 10.1. The third kappa shape index (κ3) is 4.07. The summed E-state index contributed by atoms with van der Waals surface area (Å²) in [6.07, 6.45) is 0. The van der Waals surface area contributed by atoms with E-state index in [1.807, 2.05) is 43.3 Å². The van der Waals surface area contributed by atoms with E-state index in [4.69, 9.17) is 10.5 Å². The maximum atomic E-state index is 11.3. The molecule has 0 spiro atoms. The van der Waals surface area contributed by atoms with E-state index in [1.165, 1.54) is 7.11 Å². The number of hydrogen-bond donors (Lipinski definition) is 1. The van der Waals surface area contributed by atoms with Gasteiger partial charge in [-0.1, -0.05) is 24.3 Å². The number of methoxy groups -OCH3 is 1. The van der Waals surface area contributed by atoms with Gasteiger partial charge in [0.1, 0.15) is 12.4 Å². The molecule has 0 aliphatic carbocycles. The number of benzene rings is 2. The van der Waals surface area contributed by atoms with Gasteiger partial charge in [-0.25, -0.2) is 4.79 Å². The Hall–Kier alpha value is -2.33. The van der Waals surface area contributed by atoms with E-state index in [0.717, 1.165) is 16.9 Å². The predicted octanol–water partition coefficient (Wildman–Crippen LogP) is 3.07. The summed E-state index contributed by atoms with van der Waals surface area (Å²) in [6, 6.07) is 14.9. The summed E-state index contributed by atoms with van der Waals surface area (Å²) in [4.78, 5) is 11.3. The fraction of sp³-hybridized carbons (Fsp3) is 0.235. The van der Waals surface area contributed by atoms with Gasteiger partial charge in [-0.15, -0.1) is 0 Å². The van der Waals surface area contributed by atoms with Gasteiger partial charge in [0, 0.05) is 6.04 Å². The molecule has 2 aromatic rings. The van der Waals surface area contributed by atoms with Gasteiger partial charge in [0.2, 0.25) is 0 Å². The van der Waals surface area contributed by atoms with Gasteiger partial charge >= 0.3 is 5.97 Å². The molecule has 0 heterocycles. The van der Waals surface area contributed by atoms with Crippen LogP contribution in [0.4, 0.5) is 0 Å². The third-order valence-corrected chi connectivity index (χ3v) is 3.19. The van der Waals surface area contributed by atoms with E-state index >= 15 is 0 Å². The van der Waals surface area contributed by atoms with Crippen molar-refractivity contribution in [1.82, 2.24) is 0 Å². The Kier molecular flexibility index (Phi) is 4.95. The number of hydrogen-bond acceptors (Lipinski definition) is 4. The van der Waals surface area contributed by atoms with E-state index in [0.29, 0.717) is 12.2 Å². The first-order valence-electron chi connectivity index (χ1n) is 6.75. The smallest absolute Gasteiger partial charge is 0.337 e. The number of ether oxygens (including phenoxy) is 2. The fourth-order valence-corrected chi connectivity index (χ4v) is 1.89. The molecular formula is C17H19NO3. The highest BCUT2D eigenvalue weighted by atomic mass is 16.5. The van der Waals surface area contributed by atoms with Crippen molar-refractivity contribution in [2.45, 2.75) is 19.6 Å². The zero-order chi connectivity index (χ0) is 15.2. The first-order valence-corrected chi connectivity index (χ1v) is 6.75. The summed E-state index contributed by atoms with van der Waals surface area (Å²) >= 11 is 0. The van der Waals surface area contributed by atoms with E-state index in [-0.39, 0.29) is 12.0 Å². The molecule has 1 atom stereocenters. The summed E-state index contributed by atoms with van der Waals surface area (Å²) in [6.45, 7) is 2.39. The lowest BCUT2D eigenvalue weighted by Crippen LogP contribution is -2.04. The monoisotopic (exact) mass is 285 g/mol. The highest BCUT2D eigenvalue weighted by molar-refractivity contribution is 5.89. The molecule has 4 heteroatoms. The molecule has 0 bridgehead atoms. The molecule has 0 radical (unpaired) electrons. The normalized spacial score (nSPS) is 11.8. The molecule has 4 nitrogen and oxygen atoms in total. The average Bonchev–Trinajstić information content (AvgIpc) is 2.53. The standard InChI is InChI=1S/C17H19NO3/c1-12(18)14-7-9-16(10-8-14)21-11-13-3-5-15(6-4-13)17(19)20-2/h3-10,12H,11,18H2,1-2H3/t12-/m0/s1. The van der Waals surface area contributed by atoms with Crippen LogP contribution in [0, 0.1) is 0 Å². The Morgan fingerprint density at radius 2 is 1.71 bits per heavy atom. The molecule has 2 aromatic carbocycles.